The predicted molar refractivity (Wildman–Crippen MR) is 174 cm³/mol. The van der Waals surface area contributed by atoms with Gasteiger partial charge in [-0.05, 0) is 77.1 Å². The molecule has 2 N–H and O–H groups in total. The number of nitrogens with one attached hydrogen (secondary N) is 2. The largest absolute Gasteiger partial charge is 0.414 e. The van der Waals surface area contributed by atoms with E-state index in [1.165, 1.54) is 17.6 Å². The highest BCUT2D eigenvalue weighted by Gasteiger charge is 2.51. The molecule has 0 radical (unpaired) electrons. The van der Waals surface area contributed by atoms with E-state index in [0.29, 0.717) is 19.4 Å². The predicted octanol–water partition coefficient (Wildman–Crippen LogP) is 7.34. The Labute approximate surface area is 285 Å². The van der Waals surface area contributed by atoms with Crippen molar-refractivity contribution < 1.29 is 49.2 Å². The molecule has 1 aromatic carbocycles. The van der Waals surface area contributed by atoms with Crippen LogP contribution in [0.2, 0.25) is 25.7 Å². The van der Waals surface area contributed by atoms with Crippen molar-refractivity contribution in [2.24, 2.45) is 5.92 Å². The molecule has 278 valence electrons. The van der Waals surface area contributed by atoms with Crippen molar-refractivity contribution in [1.82, 2.24) is 24.5 Å². The number of urea groups is 1. The van der Waals surface area contributed by atoms with Gasteiger partial charge >= 0.3 is 18.4 Å². The highest BCUT2D eigenvalue weighted by Crippen LogP contribution is 2.47. The number of benzene rings is 1. The van der Waals surface area contributed by atoms with Crippen LogP contribution in [0.3, 0.4) is 0 Å². The van der Waals surface area contributed by atoms with E-state index in [2.05, 4.69) is 29.3 Å². The topological polar surface area (TPSA) is 97.7 Å². The maximum absolute atomic E-state index is 16.3. The van der Waals surface area contributed by atoms with Crippen LogP contribution in [0.4, 0.5) is 35.5 Å². The number of amides is 2. The first-order chi connectivity index (χ1) is 22.4. The standard InChI is InChI=1S/C31H46F7N5O4SSi/c1-17(47-18(2)30(33,34)35)24(41-48(45)29(3,4)5)27-39-22-14-20(13-21(32)26(22)43(27)16-46-11-12-49(6,7)8)25(19-9-10-19)42-15-23(31(36,37)38)40-28(42)44/h13-14,17-19,23-25,41H,9-12,15-16H2,1-8H3,(H,40,44)/t17-,18-,23+,24+,25-,48?/m1/s1. The number of imidazole rings is 1. The minimum atomic E-state index is -4.70. The molecule has 2 amide bonds. The molecule has 4 rings (SSSR count). The third-order valence-electron chi connectivity index (χ3n) is 8.56. The van der Waals surface area contributed by atoms with Crippen LogP contribution in [-0.2, 0) is 27.2 Å². The fraction of sp³-hybridized carbons (Fsp3) is 0.742. The van der Waals surface area contributed by atoms with E-state index in [1.807, 2.05) is 5.32 Å². The number of rotatable bonds is 14. The Hall–Kier alpha value is -2.28. The summed E-state index contributed by atoms with van der Waals surface area (Å²) in [6.45, 7) is 13.1. The fourth-order valence-electron chi connectivity index (χ4n) is 5.56. The van der Waals surface area contributed by atoms with Crippen LogP contribution in [0, 0.1) is 11.7 Å². The number of aromatic nitrogens is 2. The van der Waals surface area contributed by atoms with Crippen molar-refractivity contribution in [3.8, 4) is 0 Å². The first-order valence-corrected chi connectivity index (χ1v) is 21.1. The average Bonchev–Trinajstić information content (AvgIpc) is 3.59. The van der Waals surface area contributed by atoms with Crippen LogP contribution in [-0.4, -0.2) is 81.3 Å². The van der Waals surface area contributed by atoms with Crippen molar-refractivity contribution in [1.29, 1.82) is 0 Å². The molecule has 2 heterocycles. The van der Waals surface area contributed by atoms with Gasteiger partial charge in [0.25, 0.3) is 0 Å². The Balaban J connectivity index is 1.83. The van der Waals surface area contributed by atoms with Gasteiger partial charge in [0.15, 0.2) is 6.10 Å². The monoisotopic (exact) mass is 745 g/mol. The lowest BCUT2D eigenvalue weighted by Crippen LogP contribution is -2.43. The molecular weight excluding hydrogens is 700 g/mol. The van der Waals surface area contributed by atoms with Crippen molar-refractivity contribution in [2.75, 3.05) is 13.2 Å². The van der Waals surface area contributed by atoms with E-state index in [9.17, 15) is 35.3 Å². The maximum atomic E-state index is 16.3. The lowest BCUT2D eigenvalue weighted by molar-refractivity contribution is -0.227. The summed E-state index contributed by atoms with van der Waals surface area (Å²) in [5, 5.41) is 1.97. The van der Waals surface area contributed by atoms with E-state index in [4.69, 9.17) is 9.47 Å². The van der Waals surface area contributed by atoms with Crippen LogP contribution in [0.5, 0.6) is 0 Å². The molecule has 1 unspecified atom stereocenters. The molecule has 0 spiro atoms. The van der Waals surface area contributed by atoms with E-state index < -0.39 is 84.9 Å². The molecule has 2 aromatic rings. The van der Waals surface area contributed by atoms with Crippen molar-refractivity contribution in [3.63, 3.8) is 0 Å². The molecule has 9 nitrogen and oxygen atoms in total. The number of ether oxygens (including phenoxy) is 2. The number of hydrogen-bond acceptors (Lipinski definition) is 5. The summed E-state index contributed by atoms with van der Waals surface area (Å²) < 4.78 is 126. The van der Waals surface area contributed by atoms with Crippen LogP contribution < -0.4 is 10.0 Å². The second-order valence-corrected chi connectivity index (χ2v) is 22.7. The fourth-order valence-corrected chi connectivity index (χ4v) is 7.20. The quantitative estimate of drug-likeness (QED) is 0.120. The Morgan fingerprint density at radius 1 is 1.10 bits per heavy atom. The number of carbonyl (C=O) groups excluding carboxylic acids is 1. The summed E-state index contributed by atoms with van der Waals surface area (Å²) in [7, 11) is -3.39. The zero-order valence-electron chi connectivity index (χ0n) is 28.9. The first kappa shape index (κ1) is 39.5. The molecule has 1 aromatic heterocycles. The summed E-state index contributed by atoms with van der Waals surface area (Å²) in [6, 6.07) is -1.71. The molecule has 49 heavy (non-hydrogen) atoms. The van der Waals surface area contributed by atoms with E-state index in [1.54, 1.807) is 20.8 Å². The average molecular weight is 746 g/mol. The zero-order valence-corrected chi connectivity index (χ0v) is 30.7. The van der Waals surface area contributed by atoms with Gasteiger partial charge < -0.3 is 19.7 Å². The molecule has 1 aliphatic carbocycles. The van der Waals surface area contributed by atoms with Gasteiger partial charge in [-0.25, -0.2) is 23.1 Å². The van der Waals surface area contributed by atoms with Gasteiger partial charge in [-0.1, -0.05) is 19.6 Å². The van der Waals surface area contributed by atoms with E-state index >= 15 is 4.39 Å². The normalized spacial score (nSPS) is 21.2. The molecule has 1 saturated carbocycles. The van der Waals surface area contributed by atoms with Crippen LogP contribution in [0.1, 0.15) is 70.9 Å². The minimum Gasteiger partial charge on any atom is -0.364 e. The number of alkyl halides is 6. The molecule has 2 aliphatic rings. The summed E-state index contributed by atoms with van der Waals surface area (Å²) in [5.74, 6) is -1.02. The number of halogens is 7. The summed E-state index contributed by atoms with van der Waals surface area (Å²) in [5.41, 5.74) is 0.213. The van der Waals surface area contributed by atoms with E-state index in [0.717, 1.165) is 23.9 Å². The summed E-state index contributed by atoms with van der Waals surface area (Å²) in [6.07, 6.45) is -11.6. The molecule has 2 fully saturated rings. The summed E-state index contributed by atoms with van der Waals surface area (Å²) in [4.78, 5) is 18.5. The molecular formula is C31H46F7N5O4SSi. The number of carbonyl (C=O) groups is 1. The first-order valence-electron chi connectivity index (χ1n) is 16.2. The van der Waals surface area contributed by atoms with Crippen molar-refractivity contribution in [3.05, 3.63) is 29.3 Å². The van der Waals surface area contributed by atoms with Gasteiger partial charge in [0, 0.05) is 14.7 Å². The molecule has 1 aliphatic heterocycles. The van der Waals surface area contributed by atoms with Gasteiger partial charge in [-0.15, -0.1) is 0 Å². The lowest BCUT2D eigenvalue weighted by atomic mass is 9.99. The Morgan fingerprint density at radius 3 is 2.24 bits per heavy atom. The van der Waals surface area contributed by atoms with Crippen molar-refractivity contribution in [2.45, 2.75) is 127 Å². The number of fused-ring (bicyclic) bond motifs is 1. The smallest absolute Gasteiger partial charge is 0.364 e. The minimum absolute atomic E-state index is 0.00227. The Bertz CT molecular complexity index is 1520. The second kappa shape index (κ2) is 14.4. The van der Waals surface area contributed by atoms with Gasteiger partial charge in [0.1, 0.15) is 36.0 Å². The molecule has 1 saturated heterocycles. The van der Waals surface area contributed by atoms with Crippen LogP contribution in [0.25, 0.3) is 11.0 Å². The van der Waals surface area contributed by atoms with Gasteiger partial charge in [-0.3, -0.25) is 4.57 Å². The summed E-state index contributed by atoms with van der Waals surface area (Å²) >= 11 is 0. The third kappa shape index (κ3) is 9.74. The highest BCUT2D eigenvalue weighted by atomic mass is 32.2. The zero-order chi connectivity index (χ0) is 36.9. The SMILES string of the molecule is C[C@@H](O[C@H](C)C(F)(F)F)[C@H](NS(=O)C(C)(C)C)c1nc2cc([C@@H](C3CC3)N3C[C@@H](C(F)(F)F)NC3=O)cc(F)c2n1COCC[Si](C)(C)C. The number of nitrogens with zero attached hydrogens (tertiary/aromatic N) is 3. The van der Waals surface area contributed by atoms with Gasteiger partial charge in [0.05, 0.1) is 39.9 Å². The Morgan fingerprint density at radius 2 is 1.73 bits per heavy atom. The number of hydrogen-bond donors (Lipinski definition) is 2. The molecule has 18 heteroatoms. The third-order valence-corrected chi connectivity index (χ3v) is 11.8. The van der Waals surface area contributed by atoms with Gasteiger partial charge in [0.2, 0.25) is 0 Å². The lowest BCUT2D eigenvalue weighted by Gasteiger charge is -2.30. The maximum Gasteiger partial charge on any atom is 0.414 e. The van der Waals surface area contributed by atoms with E-state index in [-0.39, 0.29) is 35.1 Å². The van der Waals surface area contributed by atoms with Crippen LogP contribution >= 0.6 is 0 Å². The molecule has 6 atom stereocenters. The molecule has 0 bridgehead atoms. The van der Waals surface area contributed by atoms with Gasteiger partial charge in [-0.2, -0.15) is 26.3 Å². The second-order valence-electron chi connectivity index (χ2n) is 15.1. The van der Waals surface area contributed by atoms with Crippen LogP contribution in [0.15, 0.2) is 12.1 Å². The van der Waals surface area contributed by atoms with Crippen molar-refractivity contribution >= 4 is 36.1 Å². The Kier molecular flexibility index (Phi) is 11.6. The highest BCUT2D eigenvalue weighted by molar-refractivity contribution is 7.84.